The summed E-state index contributed by atoms with van der Waals surface area (Å²) >= 11 is 0. The second-order valence-corrected chi connectivity index (χ2v) is 5.04. The molecule has 2 nitrogen and oxygen atoms in total. The number of rotatable bonds is 9. The molecule has 1 rings (SSSR count). The SMILES string of the molecule is CCCCCCCCc1ccc(O)c(C=NCC)c1. The molecular formula is C17H27NO. The predicted molar refractivity (Wildman–Crippen MR) is 83.3 cm³/mol. The maximum atomic E-state index is 9.74. The normalized spacial score (nSPS) is 11.3. The number of hydrogen-bond acceptors (Lipinski definition) is 2. The van der Waals surface area contributed by atoms with Crippen LogP contribution in [0.2, 0.25) is 0 Å². The highest BCUT2D eigenvalue weighted by molar-refractivity contribution is 5.83. The van der Waals surface area contributed by atoms with Crippen LogP contribution in [0.15, 0.2) is 23.2 Å². The molecule has 0 aromatic heterocycles. The number of benzene rings is 1. The summed E-state index contributed by atoms with van der Waals surface area (Å²) in [5, 5.41) is 9.74. The minimum Gasteiger partial charge on any atom is -0.507 e. The van der Waals surface area contributed by atoms with Crippen LogP contribution in [0.25, 0.3) is 0 Å². The first-order valence-corrected chi connectivity index (χ1v) is 7.59. The molecule has 0 heterocycles. The molecule has 1 aromatic rings. The van der Waals surface area contributed by atoms with Gasteiger partial charge in [-0.25, -0.2) is 0 Å². The summed E-state index contributed by atoms with van der Waals surface area (Å²) in [6.07, 6.45) is 10.8. The van der Waals surface area contributed by atoms with Crippen molar-refractivity contribution >= 4 is 6.21 Å². The van der Waals surface area contributed by atoms with Gasteiger partial charge in [0.2, 0.25) is 0 Å². The lowest BCUT2D eigenvalue weighted by molar-refractivity contribution is 0.474. The molecule has 0 amide bonds. The monoisotopic (exact) mass is 261 g/mol. The third-order valence-electron chi connectivity index (χ3n) is 3.32. The van der Waals surface area contributed by atoms with Gasteiger partial charge in [0.15, 0.2) is 0 Å². The average Bonchev–Trinajstić information content (AvgIpc) is 2.43. The molecule has 0 saturated heterocycles. The van der Waals surface area contributed by atoms with Gasteiger partial charge in [0, 0.05) is 18.3 Å². The van der Waals surface area contributed by atoms with Crippen LogP contribution in [0.1, 0.15) is 63.5 Å². The molecule has 0 aliphatic carbocycles. The molecule has 1 aromatic carbocycles. The van der Waals surface area contributed by atoms with E-state index in [9.17, 15) is 5.11 Å². The van der Waals surface area contributed by atoms with Crippen LogP contribution < -0.4 is 0 Å². The van der Waals surface area contributed by atoms with Crippen molar-refractivity contribution in [2.24, 2.45) is 4.99 Å². The third kappa shape index (κ3) is 6.42. The summed E-state index contributed by atoms with van der Waals surface area (Å²) in [5.41, 5.74) is 2.14. The summed E-state index contributed by atoms with van der Waals surface area (Å²) in [6.45, 7) is 4.99. The maximum absolute atomic E-state index is 9.74. The van der Waals surface area contributed by atoms with Crippen molar-refractivity contribution in [2.45, 2.75) is 58.8 Å². The Balaban J connectivity index is 2.39. The summed E-state index contributed by atoms with van der Waals surface area (Å²) in [6, 6.07) is 5.86. The molecule has 0 aliphatic rings. The molecule has 106 valence electrons. The molecule has 0 aliphatic heterocycles. The topological polar surface area (TPSA) is 32.6 Å². The van der Waals surface area contributed by atoms with Crippen LogP contribution in [0, 0.1) is 0 Å². The van der Waals surface area contributed by atoms with Gasteiger partial charge < -0.3 is 5.11 Å². The lowest BCUT2D eigenvalue weighted by Crippen LogP contribution is -1.90. The van der Waals surface area contributed by atoms with Gasteiger partial charge in [0.25, 0.3) is 0 Å². The van der Waals surface area contributed by atoms with Crippen LogP contribution in [0.5, 0.6) is 5.75 Å². The number of aryl methyl sites for hydroxylation is 1. The Bertz CT molecular complexity index is 385. The number of phenolic OH excluding ortho intramolecular Hbond substituents is 1. The van der Waals surface area contributed by atoms with Crippen LogP contribution >= 0.6 is 0 Å². The van der Waals surface area contributed by atoms with Gasteiger partial charge >= 0.3 is 0 Å². The summed E-state index contributed by atoms with van der Waals surface area (Å²) in [5.74, 6) is 0.323. The molecular weight excluding hydrogens is 234 g/mol. The van der Waals surface area contributed by atoms with Gasteiger partial charge in [-0.05, 0) is 37.5 Å². The standard InChI is InChI=1S/C17H27NO/c1-3-5-6-7-8-9-10-15-11-12-17(19)16(13-15)14-18-4-2/h11-14,19H,3-10H2,1-2H3. The fourth-order valence-corrected chi connectivity index (χ4v) is 2.16. The lowest BCUT2D eigenvalue weighted by atomic mass is 10.0. The Morgan fingerprint density at radius 2 is 1.79 bits per heavy atom. The zero-order valence-electron chi connectivity index (χ0n) is 12.4. The van der Waals surface area contributed by atoms with Crippen LogP contribution in [-0.2, 0) is 6.42 Å². The van der Waals surface area contributed by atoms with Crippen LogP contribution in [0.3, 0.4) is 0 Å². The van der Waals surface area contributed by atoms with Gasteiger partial charge in [-0.15, -0.1) is 0 Å². The highest BCUT2D eigenvalue weighted by atomic mass is 16.3. The van der Waals surface area contributed by atoms with E-state index in [2.05, 4.69) is 18.0 Å². The molecule has 0 radical (unpaired) electrons. The molecule has 0 saturated carbocycles. The minimum atomic E-state index is 0.323. The van der Waals surface area contributed by atoms with Crippen molar-refractivity contribution < 1.29 is 5.11 Å². The minimum absolute atomic E-state index is 0.323. The molecule has 0 fully saturated rings. The van der Waals surface area contributed by atoms with Gasteiger partial charge in [0.1, 0.15) is 5.75 Å². The van der Waals surface area contributed by atoms with Gasteiger partial charge in [-0.3, -0.25) is 4.99 Å². The number of hydrogen-bond donors (Lipinski definition) is 1. The van der Waals surface area contributed by atoms with E-state index < -0.39 is 0 Å². The van der Waals surface area contributed by atoms with Crippen molar-refractivity contribution in [3.05, 3.63) is 29.3 Å². The molecule has 1 N–H and O–H groups in total. The van der Waals surface area contributed by atoms with E-state index in [1.165, 1.54) is 44.1 Å². The maximum Gasteiger partial charge on any atom is 0.124 e. The number of phenols is 1. The molecule has 19 heavy (non-hydrogen) atoms. The van der Waals surface area contributed by atoms with Crippen LogP contribution in [0.4, 0.5) is 0 Å². The number of aliphatic imine (C=N–C) groups is 1. The van der Waals surface area contributed by atoms with Gasteiger partial charge in [-0.1, -0.05) is 45.1 Å². The van der Waals surface area contributed by atoms with E-state index in [4.69, 9.17) is 0 Å². The second-order valence-electron chi connectivity index (χ2n) is 5.04. The Morgan fingerprint density at radius 3 is 2.53 bits per heavy atom. The van der Waals surface area contributed by atoms with Gasteiger partial charge in [0.05, 0.1) is 0 Å². The quantitative estimate of drug-likeness (QED) is 0.505. The largest absolute Gasteiger partial charge is 0.507 e. The number of nitrogens with zero attached hydrogens (tertiary/aromatic N) is 1. The fraction of sp³-hybridized carbons (Fsp3) is 0.588. The van der Waals surface area contributed by atoms with Crippen molar-refractivity contribution in [2.75, 3.05) is 6.54 Å². The first-order chi connectivity index (χ1) is 9.27. The Labute approximate surface area is 117 Å². The Morgan fingerprint density at radius 1 is 1.05 bits per heavy atom. The molecule has 2 heteroatoms. The third-order valence-corrected chi connectivity index (χ3v) is 3.32. The van der Waals surface area contributed by atoms with Crippen molar-refractivity contribution in [3.63, 3.8) is 0 Å². The van der Waals surface area contributed by atoms with E-state index in [0.29, 0.717) is 5.75 Å². The molecule has 0 bridgehead atoms. The van der Waals surface area contributed by atoms with E-state index in [1.54, 1.807) is 12.3 Å². The summed E-state index contributed by atoms with van der Waals surface area (Å²) in [4.78, 5) is 4.19. The smallest absolute Gasteiger partial charge is 0.124 e. The van der Waals surface area contributed by atoms with E-state index in [0.717, 1.165) is 18.5 Å². The number of unbranched alkanes of at least 4 members (excludes halogenated alkanes) is 5. The molecule has 0 spiro atoms. The predicted octanol–water partition coefficient (Wildman–Crippen LogP) is 4.73. The van der Waals surface area contributed by atoms with E-state index >= 15 is 0 Å². The van der Waals surface area contributed by atoms with Crippen molar-refractivity contribution in [3.8, 4) is 5.75 Å². The highest BCUT2D eigenvalue weighted by Gasteiger charge is 2.00. The van der Waals surface area contributed by atoms with Gasteiger partial charge in [-0.2, -0.15) is 0 Å². The zero-order valence-corrected chi connectivity index (χ0v) is 12.4. The van der Waals surface area contributed by atoms with Crippen molar-refractivity contribution in [1.82, 2.24) is 0 Å². The second kappa shape index (κ2) is 9.60. The van der Waals surface area contributed by atoms with E-state index in [-0.39, 0.29) is 0 Å². The van der Waals surface area contributed by atoms with Crippen molar-refractivity contribution in [1.29, 1.82) is 0 Å². The first-order valence-electron chi connectivity index (χ1n) is 7.59. The zero-order chi connectivity index (χ0) is 13.9. The number of aromatic hydroxyl groups is 1. The molecule has 0 atom stereocenters. The molecule has 0 unspecified atom stereocenters. The summed E-state index contributed by atoms with van der Waals surface area (Å²) < 4.78 is 0. The highest BCUT2D eigenvalue weighted by Crippen LogP contribution is 2.18. The van der Waals surface area contributed by atoms with Crippen LogP contribution in [-0.4, -0.2) is 17.9 Å². The van der Waals surface area contributed by atoms with E-state index in [1.807, 2.05) is 13.0 Å². The lowest BCUT2D eigenvalue weighted by Gasteiger charge is -2.05. The summed E-state index contributed by atoms with van der Waals surface area (Å²) in [7, 11) is 0. The first kappa shape index (κ1) is 15.7. The average molecular weight is 261 g/mol. The Kier molecular flexibility index (Phi) is 7.95. The Hall–Kier alpha value is -1.31. The fourth-order valence-electron chi connectivity index (χ4n) is 2.16.